The Kier molecular flexibility index (Phi) is 8.64. The lowest BCUT2D eigenvalue weighted by Gasteiger charge is -2.31. The number of nitrogens with zero attached hydrogens (tertiary/aromatic N) is 1. The van der Waals surface area contributed by atoms with E-state index in [1.54, 1.807) is 6.92 Å². The highest BCUT2D eigenvalue weighted by Gasteiger charge is 2.35. The fraction of sp³-hybridized carbons (Fsp3) is 0.619. The van der Waals surface area contributed by atoms with Gasteiger partial charge in [0.05, 0.1) is 6.04 Å². The van der Waals surface area contributed by atoms with Gasteiger partial charge in [-0.15, -0.1) is 0 Å². The topological polar surface area (TPSA) is 75.4 Å². The van der Waals surface area contributed by atoms with Crippen LogP contribution in [0.5, 0.6) is 0 Å². The Balaban J connectivity index is 1.87. The third-order valence-corrected chi connectivity index (χ3v) is 6.11. The van der Waals surface area contributed by atoms with Crippen LogP contribution in [-0.2, 0) is 16.0 Å². The van der Waals surface area contributed by atoms with Crippen molar-refractivity contribution in [2.45, 2.75) is 58.2 Å². The van der Waals surface area contributed by atoms with Crippen molar-refractivity contribution in [2.24, 2.45) is 11.7 Å². The molecule has 5 nitrogen and oxygen atoms in total. The number of thioether (sulfide) groups is 1. The molecule has 3 N–H and O–H groups in total. The minimum atomic E-state index is -0.609. The third-order valence-electron chi connectivity index (χ3n) is 4.99. The molecule has 1 aromatic carbocycles. The molecular formula is C21H33N3O2S. The highest BCUT2D eigenvalue weighted by molar-refractivity contribution is 7.99. The summed E-state index contributed by atoms with van der Waals surface area (Å²) in [4.78, 5) is 27.0. The summed E-state index contributed by atoms with van der Waals surface area (Å²) >= 11 is 1.90. The van der Waals surface area contributed by atoms with E-state index in [4.69, 9.17) is 5.73 Å². The molecular weight excluding hydrogens is 358 g/mol. The van der Waals surface area contributed by atoms with Crippen LogP contribution in [0.3, 0.4) is 0 Å². The van der Waals surface area contributed by atoms with E-state index < -0.39 is 12.1 Å². The van der Waals surface area contributed by atoms with Gasteiger partial charge in [-0.25, -0.2) is 0 Å². The lowest BCUT2D eigenvalue weighted by atomic mass is 10.0. The van der Waals surface area contributed by atoms with Gasteiger partial charge < -0.3 is 16.0 Å². The van der Waals surface area contributed by atoms with Gasteiger partial charge >= 0.3 is 0 Å². The predicted octanol–water partition coefficient (Wildman–Crippen LogP) is 2.44. The number of rotatable bonds is 9. The number of hydrogen-bond donors (Lipinski definition) is 2. The first-order chi connectivity index (χ1) is 12.9. The molecule has 2 amide bonds. The number of benzene rings is 1. The van der Waals surface area contributed by atoms with Crippen molar-refractivity contribution in [3.05, 3.63) is 35.9 Å². The van der Waals surface area contributed by atoms with E-state index in [-0.39, 0.29) is 23.8 Å². The van der Waals surface area contributed by atoms with Gasteiger partial charge in [0.25, 0.3) is 0 Å². The van der Waals surface area contributed by atoms with Crippen LogP contribution >= 0.6 is 11.8 Å². The average Bonchev–Trinajstić information content (AvgIpc) is 3.11. The molecule has 27 heavy (non-hydrogen) atoms. The van der Waals surface area contributed by atoms with Crippen molar-refractivity contribution in [1.82, 2.24) is 10.2 Å². The van der Waals surface area contributed by atoms with Gasteiger partial charge in [-0.2, -0.15) is 11.8 Å². The van der Waals surface area contributed by atoms with Gasteiger partial charge in [-0.3, -0.25) is 9.59 Å². The van der Waals surface area contributed by atoms with E-state index in [0.717, 1.165) is 37.3 Å². The second kappa shape index (κ2) is 10.7. The van der Waals surface area contributed by atoms with Crippen molar-refractivity contribution < 1.29 is 9.59 Å². The molecule has 1 fully saturated rings. The molecule has 1 aromatic rings. The summed E-state index contributed by atoms with van der Waals surface area (Å²) in [6.07, 6.45) is 3.11. The number of aryl methyl sites for hydroxylation is 1. The number of hydrogen-bond acceptors (Lipinski definition) is 4. The van der Waals surface area contributed by atoms with E-state index in [1.165, 1.54) is 5.56 Å². The van der Waals surface area contributed by atoms with Crippen molar-refractivity contribution in [2.75, 3.05) is 18.1 Å². The van der Waals surface area contributed by atoms with Gasteiger partial charge in [-0.1, -0.05) is 44.2 Å². The van der Waals surface area contributed by atoms with Crippen molar-refractivity contribution in [3.63, 3.8) is 0 Å². The van der Waals surface area contributed by atoms with E-state index in [0.29, 0.717) is 0 Å². The fourth-order valence-corrected chi connectivity index (χ4v) is 4.50. The molecule has 0 unspecified atom stereocenters. The van der Waals surface area contributed by atoms with E-state index in [1.807, 2.05) is 36.6 Å². The second-order valence-electron chi connectivity index (χ2n) is 7.66. The molecule has 1 heterocycles. The molecule has 0 radical (unpaired) electrons. The number of nitrogens with two attached hydrogens (primary N) is 1. The van der Waals surface area contributed by atoms with E-state index >= 15 is 0 Å². The lowest BCUT2D eigenvalue weighted by molar-refractivity contribution is -0.138. The number of carbonyl (C=O) groups excluding carboxylic acids is 2. The molecule has 2 rings (SSSR count). The van der Waals surface area contributed by atoms with Crippen molar-refractivity contribution in [3.8, 4) is 0 Å². The number of nitrogens with one attached hydrogen (secondary N) is 1. The molecule has 1 saturated heterocycles. The molecule has 0 spiro atoms. The zero-order valence-electron chi connectivity index (χ0n) is 16.7. The highest BCUT2D eigenvalue weighted by atomic mass is 32.2. The second-order valence-corrected chi connectivity index (χ2v) is 8.81. The first-order valence-electron chi connectivity index (χ1n) is 9.88. The van der Waals surface area contributed by atoms with Gasteiger partial charge in [0.1, 0.15) is 6.04 Å². The molecule has 6 heteroatoms. The first-order valence-corrected chi connectivity index (χ1v) is 11.0. The predicted molar refractivity (Wildman–Crippen MR) is 113 cm³/mol. The van der Waals surface area contributed by atoms with Gasteiger partial charge in [0, 0.05) is 18.3 Å². The minimum absolute atomic E-state index is 0.0326. The maximum Gasteiger partial charge on any atom is 0.245 e. The standard InChI is InChI=1S/C21H33N3O2S/c1-15(2)19(23-20(25)16(3)22)21(26)24-12-7-10-18(24)14-27-13-11-17-8-5-4-6-9-17/h4-6,8-9,15-16,18-19H,7,10-14,22H2,1-3H3,(H,23,25)/t16-,18-,19-/m0/s1. The molecule has 1 aliphatic rings. The molecule has 150 valence electrons. The van der Waals surface area contributed by atoms with Crippen LogP contribution in [0.25, 0.3) is 0 Å². The summed E-state index contributed by atoms with van der Waals surface area (Å²) < 4.78 is 0. The third kappa shape index (κ3) is 6.54. The Hall–Kier alpha value is -1.53. The van der Waals surface area contributed by atoms with Gasteiger partial charge in [0.2, 0.25) is 11.8 Å². The maximum atomic E-state index is 13.1. The SMILES string of the molecule is CC(C)[C@H](NC(=O)[C@H](C)N)C(=O)N1CCC[C@H]1CSCCc1ccccc1. The fourth-order valence-electron chi connectivity index (χ4n) is 3.33. The van der Waals surface area contributed by atoms with Gasteiger partial charge in [-0.05, 0) is 43.4 Å². The van der Waals surface area contributed by atoms with Crippen LogP contribution < -0.4 is 11.1 Å². The van der Waals surface area contributed by atoms with Crippen LogP contribution in [0.4, 0.5) is 0 Å². The van der Waals surface area contributed by atoms with Crippen molar-refractivity contribution in [1.29, 1.82) is 0 Å². The van der Waals surface area contributed by atoms with Crippen LogP contribution in [0.1, 0.15) is 39.2 Å². The average molecular weight is 392 g/mol. The minimum Gasteiger partial charge on any atom is -0.343 e. The summed E-state index contributed by atoms with van der Waals surface area (Å²) in [6.45, 7) is 6.34. The van der Waals surface area contributed by atoms with Crippen LogP contribution in [0.2, 0.25) is 0 Å². The number of likely N-dealkylation sites (tertiary alicyclic amines) is 1. The summed E-state index contributed by atoms with van der Waals surface area (Å²) in [5.74, 6) is 1.80. The zero-order chi connectivity index (χ0) is 19.8. The van der Waals surface area contributed by atoms with Crippen molar-refractivity contribution >= 4 is 23.6 Å². The van der Waals surface area contributed by atoms with Gasteiger partial charge in [0.15, 0.2) is 0 Å². The van der Waals surface area contributed by atoms with Crippen LogP contribution in [-0.4, -0.2) is 52.9 Å². The summed E-state index contributed by atoms with van der Waals surface area (Å²) in [6, 6.07) is 9.63. The van der Waals surface area contributed by atoms with E-state index in [2.05, 4.69) is 29.6 Å². The molecule has 0 saturated carbocycles. The summed E-state index contributed by atoms with van der Waals surface area (Å²) in [5, 5.41) is 2.84. The molecule has 3 atom stereocenters. The molecule has 1 aliphatic heterocycles. The summed E-state index contributed by atoms with van der Waals surface area (Å²) in [5.41, 5.74) is 7.00. The monoisotopic (exact) mass is 391 g/mol. The smallest absolute Gasteiger partial charge is 0.245 e. The normalized spacial score (nSPS) is 19.1. The summed E-state index contributed by atoms with van der Waals surface area (Å²) in [7, 11) is 0. The number of carbonyl (C=O) groups is 2. The lowest BCUT2D eigenvalue weighted by Crippen LogP contribution is -2.55. The van der Waals surface area contributed by atoms with E-state index in [9.17, 15) is 9.59 Å². The van der Waals surface area contributed by atoms with Crippen LogP contribution in [0.15, 0.2) is 30.3 Å². The number of amides is 2. The van der Waals surface area contributed by atoms with Crippen LogP contribution in [0, 0.1) is 5.92 Å². The molecule has 0 aliphatic carbocycles. The Morgan fingerprint density at radius 1 is 1.26 bits per heavy atom. The Morgan fingerprint density at radius 2 is 1.96 bits per heavy atom. The quantitative estimate of drug-likeness (QED) is 0.634. The first kappa shape index (κ1) is 21.8. The maximum absolute atomic E-state index is 13.1. The Bertz CT molecular complexity index is 607. The Morgan fingerprint density at radius 3 is 2.59 bits per heavy atom. The largest absolute Gasteiger partial charge is 0.343 e. The molecule has 0 bridgehead atoms. The highest BCUT2D eigenvalue weighted by Crippen LogP contribution is 2.23. The Labute approximate surface area is 167 Å². The zero-order valence-corrected chi connectivity index (χ0v) is 17.5. The molecule has 0 aromatic heterocycles.